The van der Waals surface area contributed by atoms with E-state index in [1.54, 1.807) is 7.05 Å². The number of hydrogen-bond donors (Lipinski definition) is 0. The highest BCUT2D eigenvalue weighted by molar-refractivity contribution is 5.80. The molecule has 0 unspecified atom stereocenters. The minimum Gasteiger partial charge on any atom is -0.454 e. The Kier molecular flexibility index (Phi) is 6.27. The van der Waals surface area contributed by atoms with Gasteiger partial charge in [0.1, 0.15) is 17.9 Å². The molecule has 1 aromatic carbocycles. The van der Waals surface area contributed by atoms with E-state index in [4.69, 9.17) is 4.74 Å². The van der Waals surface area contributed by atoms with Crippen LogP contribution < -0.4 is 0 Å². The zero-order valence-electron chi connectivity index (χ0n) is 15.8. The Hall–Kier alpha value is -3.23. The number of carbonyl (C=O) groups is 2. The summed E-state index contributed by atoms with van der Waals surface area (Å²) >= 11 is 0. The monoisotopic (exact) mass is 374 g/mol. The Morgan fingerprint density at radius 2 is 1.93 bits per heavy atom. The van der Waals surface area contributed by atoms with Crippen molar-refractivity contribution < 1.29 is 19.2 Å². The predicted octanol–water partition coefficient (Wildman–Crippen LogP) is 1.92. The van der Waals surface area contributed by atoms with Crippen molar-refractivity contribution in [1.29, 1.82) is 0 Å². The van der Waals surface area contributed by atoms with E-state index in [-0.39, 0.29) is 29.5 Å². The Morgan fingerprint density at radius 1 is 1.26 bits per heavy atom. The number of rotatable bonds is 7. The van der Waals surface area contributed by atoms with Crippen molar-refractivity contribution in [3.05, 3.63) is 56.9 Å². The average Bonchev–Trinajstić information content (AvgIpc) is 2.88. The molecule has 1 aromatic heterocycles. The molecule has 0 saturated heterocycles. The third-order valence-corrected chi connectivity index (χ3v) is 4.26. The lowest BCUT2D eigenvalue weighted by atomic mass is 10.1. The van der Waals surface area contributed by atoms with Gasteiger partial charge in [-0.1, -0.05) is 24.3 Å². The molecule has 144 valence electrons. The Labute approximate surface area is 156 Å². The van der Waals surface area contributed by atoms with Gasteiger partial charge in [0.15, 0.2) is 6.61 Å². The summed E-state index contributed by atoms with van der Waals surface area (Å²) in [6.07, 6.45) is 0. The Morgan fingerprint density at radius 3 is 2.52 bits per heavy atom. The summed E-state index contributed by atoms with van der Waals surface area (Å²) in [5, 5.41) is 15.0. The van der Waals surface area contributed by atoms with Crippen molar-refractivity contribution in [2.24, 2.45) is 0 Å². The second-order valence-corrected chi connectivity index (χ2v) is 6.27. The van der Waals surface area contributed by atoms with Gasteiger partial charge in [-0.15, -0.1) is 0 Å². The second-order valence-electron chi connectivity index (χ2n) is 6.27. The highest BCUT2D eigenvalue weighted by atomic mass is 16.6. The molecule has 1 amide bonds. The van der Waals surface area contributed by atoms with E-state index < -0.39 is 17.5 Å². The number of benzene rings is 1. The molecule has 2 rings (SSSR count). The van der Waals surface area contributed by atoms with Gasteiger partial charge in [0.2, 0.25) is 0 Å². The Bertz CT molecular complexity index is 875. The number of esters is 1. The normalized spacial score (nSPS) is 10.5. The SMILES string of the molecule is Cc1ccccc1CN(C)C(=O)COC(=O)Cn1nc(C)c([N+](=O)[O-])c1C. The third-order valence-electron chi connectivity index (χ3n) is 4.26. The van der Waals surface area contributed by atoms with Crippen LogP contribution in [0.15, 0.2) is 24.3 Å². The zero-order chi connectivity index (χ0) is 20.1. The number of ether oxygens (including phenoxy) is 1. The molecule has 9 nitrogen and oxygen atoms in total. The molecule has 0 aliphatic heterocycles. The van der Waals surface area contributed by atoms with Crippen LogP contribution in [0.25, 0.3) is 0 Å². The van der Waals surface area contributed by atoms with Crippen LogP contribution in [0.5, 0.6) is 0 Å². The smallest absolute Gasteiger partial charge is 0.328 e. The van der Waals surface area contributed by atoms with Gasteiger partial charge in [0.25, 0.3) is 5.91 Å². The van der Waals surface area contributed by atoms with E-state index >= 15 is 0 Å². The molecule has 9 heteroatoms. The highest BCUT2D eigenvalue weighted by Crippen LogP contribution is 2.21. The molecule has 0 bridgehead atoms. The lowest BCUT2D eigenvalue weighted by molar-refractivity contribution is -0.386. The first-order valence-electron chi connectivity index (χ1n) is 8.33. The number of likely N-dealkylation sites (N-methyl/N-ethyl adjacent to an activating group) is 1. The highest BCUT2D eigenvalue weighted by Gasteiger charge is 2.23. The summed E-state index contributed by atoms with van der Waals surface area (Å²) in [4.78, 5) is 36.1. The largest absolute Gasteiger partial charge is 0.454 e. The fraction of sp³-hybridized carbons (Fsp3) is 0.389. The van der Waals surface area contributed by atoms with Gasteiger partial charge in [0, 0.05) is 13.6 Å². The molecule has 0 atom stereocenters. The van der Waals surface area contributed by atoms with Gasteiger partial charge in [-0.2, -0.15) is 5.10 Å². The number of hydrogen-bond acceptors (Lipinski definition) is 6. The average molecular weight is 374 g/mol. The summed E-state index contributed by atoms with van der Waals surface area (Å²) in [5.74, 6) is -1.03. The number of nitro groups is 1. The first-order chi connectivity index (χ1) is 12.7. The zero-order valence-corrected chi connectivity index (χ0v) is 15.8. The molecular weight excluding hydrogens is 352 g/mol. The number of aryl methyl sites for hydroxylation is 2. The van der Waals surface area contributed by atoms with E-state index in [2.05, 4.69) is 5.10 Å². The van der Waals surface area contributed by atoms with Gasteiger partial charge in [-0.3, -0.25) is 24.4 Å². The molecule has 2 aromatic rings. The quantitative estimate of drug-likeness (QED) is 0.416. The molecule has 0 fully saturated rings. The molecule has 27 heavy (non-hydrogen) atoms. The van der Waals surface area contributed by atoms with E-state index in [1.165, 1.54) is 23.4 Å². The molecule has 1 heterocycles. The van der Waals surface area contributed by atoms with Crippen LogP contribution in [-0.2, 0) is 27.4 Å². The minimum absolute atomic E-state index is 0.128. The molecule has 0 N–H and O–H groups in total. The minimum atomic E-state index is -0.687. The van der Waals surface area contributed by atoms with Gasteiger partial charge < -0.3 is 9.64 Å². The lowest BCUT2D eigenvalue weighted by Gasteiger charge is -2.18. The molecule has 0 aliphatic rings. The van der Waals surface area contributed by atoms with E-state index in [9.17, 15) is 19.7 Å². The van der Waals surface area contributed by atoms with E-state index in [1.807, 2.05) is 31.2 Å². The van der Waals surface area contributed by atoms with Crippen LogP contribution in [0.1, 0.15) is 22.5 Å². The first-order valence-corrected chi connectivity index (χ1v) is 8.33. The van der Waals surface area contributed by atoms with Crippen molar-refractivity contribution in [1.82, 2.24) is 14.7 Å². The van der Waals surface area contributed by atoms with Gasteiger partial charge >= 0.3 is 11.7 Å². The fourth-order valence-electron chi connectivity index (χ4n) is 2.66. The fourth-order valence-corrected chi connectivity index (χ4v) is 2.66. The molecule has 0 aliphatic carbocycles. The first kappa shape index (κ1) is 20.1. The summed E-state index contributed by atoms with van der Waals surface area (Å²) in [6, 6.07) is 7.71. The molecule has 0 saturated carbocycles. The summed E-state index contributed by atoms with van der Waals surface area (Å²) in [6.45, 7) is 4.68. The van der Waals surface area contributed by atoms with Crippen molar-refractivity contribution in [2.75, 3.05) is 13.7 Å². The summed E-state index contributed by atoms with van der Waals surface area (Å²) < 4.78 is 6.21. The standard InChI is InChI=1S/C18H22N4O5/c1-12-7-5-6-8-15(12)9-20(4)16(23)11-27-17(24)10-21-14(3)18(22(25)26)13(2)19-21/h5-8H,9-11H2,1-4H3. The Balaban J connectivity index is 1.90. The molecule has 0 radical (unpaired) electrons. The topological polar surface area (TPSA) is 108 Å². The van der Waals surface area contributed by atoms with Gasteiger partial charge in [-0.05, 0) is 31.9 Å². The number of carbonyl (C=O) groups excluding carboxylic acids is 2. The predicted molar refractivity (Wildman–Crippen MR) is 97.0 cm³/mol. The maximum atomic E-state index is 12.2. The number of nitrogens with zero attached hydrogens (tertiary/aromatic N) is 4. The number of amides is 1. The maximum absolute atomic E-state index is 12.2. The van der Waals surface area contributed by atoms with Crippen molar-refractivity contribution in [3.63, 3.8) is 0 Å². The van der Waals surface area contributed by atoms with Crippen LogP contribution in [0.3, 0.4) is 0 Å². The maximum Gasteiger partial charge on any atom is 0.328 e. The van der Waals surface area contributed by atoms with Crippen LogP contribution in [-0.4, -0.2) is 45.1 Å². The summed E-state index contributed by atoms with van der Waals surface area (Å²) in [7, 11) is 1.63. The van der Waals surface area contributed by atoms with Gasteiger partial charge in [0.05, 0.1) is 4.92 Å². The van der Waals surface area contributed by atoms with Crippen LogP contribution in [0.4, 0.5) is 5.69 Å². The van der Waals surface area contributed by atoms with E-state index in [0.717, 1.165) is 11.1 Å². The van der Waals surface area contributed by atoms with Crippen molar-refractivity contribution >= 4 is 17.6 Å². The lowest BCUT2D eigenvalue weighted by Crippen LogP contribution is -2.31. The van der Waals surface area contributed by atoms with Crippen LogP contribution in [0, 0.1) is 30.9 Å². The number of aromatic nitrogens is 2. The van der Waals surface area contributed by atoms with Crippen LogP contribution in [0.2, 0.25) is 0 Å². The third kappa shape index (κ3) is 4.90. The van der Waals surface area contributed by atoms with Crippen molar-refractivity contribution in [3.8, 4) is 0 Å². The summed E-state index contributed by atoms with van der Waals surface area (Å²) in [5.41, 5.74) is 2.43. The second kappa shape index (κ2) is 8.43. The van der Waals surface area contributed by atoms with Crippen LogP contribution >= 0.6 is 0 Å². The van der Waals surface area contributed by atoms with Gasteiger partial charge in [-0.25, -0.2) is 0 Å². The molecule has 0 spiro atoms. The molecular formula is C18H22N4O5. The van der Waals surface area contributed by atoms with Crippen molar-refractivity contribution in [2.45, 2.75) is 33.9 Å². The van der Waals surface area contributed by atoms with E-state index in [0.29, 0.717) is 6.54 Å².